The molecule has 1 atom stereocenters. The second-order valence-corrected chi connectivity index (χ2v) is 8.79. The number of fused-ring (bicyclic) bond motifs is 1. The molecule has 192 valence electrons. The standard InChI is InChI=1S/C27H31NO8/c1-15(2)35-11-9-28-23(18-13-20(32-3)26(34-5)21(14-18)33-4)22(25(30)27(28)31)24(29)17-6-7-19-16(12-17)8-10-36-19/h6-7,12-15,23,29H,8-11H2,1-5H3/b24-22+. The number of hydrogen-bond acceptors (Lipinski definition) is 8. The number of hydrogen-bond donors (Lipinski definition) is 1. The minimum absolute atomic E-state index is 0.0160. The van der Waals surface area contributed by atoms with E-state index in [0.717, 1.165) is 11.3 Å². The van der Waals surface area contributed by atoms with Crippen LogP contribution in [-0.2, 0) is 20.7 Å². The summed E-state index contributed by atoms with van der Waals surface area (Å²) in [6.07, 6.45) is 0.656. The van der Waals surface area contributed by atoms with Gasteiger partial charge in [0.25, 0.3) is 11.7 Å². The zero-order chi connectivity index (χ0) is 26.0. The first-order valence-electron chi connectivity index (χ1n) is 11.8. The molecule has 0 saturated carbocycles. The van der Waals surface area contributed by atoms with E-state index in [1.807, 2.05) is 13.8 Å². The first-order valence-corrected chi connectivity index (χ1v) is 11.8. The Hall–Kier alpha value is -3.72. The van der Waals surface area contributed by atoms with E-state index in [2.05, 4.69) is 0 Å². The highest BCUT2D eigenvalue weighted by Gasteiger charge is 2.46. The molecule has 1 unspecified atom stereocenters. The van der Waals surface area contributed by atoms with Crippen LogP contribution < -0.4 is 18.9 Å². The Labute approximate surface area is 210 Å². The fourth-order valence-corrected chi connectivity index (χ4v) is 4.59. The van der Waals surface area contributed by atoms with E-state index < -0.39 is 17.7 Å². The minimum atomic E-state index is -0.890. The van der Waals surface area contributed by atoms with Crippen LogP contribution in [0.2, 0.25) is 0 Å². The Balaban J connectivity index is 1.87. The van der Waals surface area contributed by atoms with Crippen LogP contribution in [-0.4, -0.2) is 68.9 Å². The highest BCUT2D eigenvalue weighted by molar-refractivity contribution is 6.46. The second-order valence-electron chi connectivity index (χ2n) is 8.79. The molecule has 9 heteroatoms. The van der Waals surface area contributed by atoms with Gasteiger partial charge in [-0.15, -0.1) is 0 Å². The molecule has 2 aromatic rings. The summed E-state index contributed by atoms with van der Waals surface area (Å²) in [5.41, 5.74) is 1.88. The largest absolute Gasteiger partial charge is 0.507 e. The van der Waals surface area contributed by atoms with Gasteiger partial charge in [0.1, 0.15) is 11.5 Å². The van der Waals surface area contributed by atoms with E-state index in [1.165, 1.54) is 26.2 Å². The molecule has 1 N–H and O–H groups in total. The van der Waals surface area contributed by atoms with Crippen molar-refractivity contribution >= 4 is 17.4 Å². The third-order valence-electron chi connectivity index (χ3n) is 6.29. The molecule has 0 aliphatic carbocycles. The van der Waals surface area contributed by atoms with Crippen LogP contribution in [0.1, 0.15) is 36.6 Å². The van der Waals surface area contributed by atoms with Gasteiger partial charge in [0, 0.05) is 18.5 Å². The quantitative estimate of drug-likeness (QED) is 0.319. The van der Waals surface area contributed by atoms with Crippen molar-refractivity contribution in [2.45, 2.75) is 32.4 Å². The topological polar surface area (TPSA) is 104 Å². The first kappa shape index (κ1) is 25.4. The number of methoxy groups -OCH3 is 3. The Morgan fingerprint density at radius 2 is 1.78 bits per heavy atom. The van der Waals surface area contributed by atoms with Crippen molar-refractivity contribution in [3.05, 3.63) is 52.6 Å². The van der Waals surface area contributed by atoms with Crippen LogP contribution in [0.25, 0.3) is 5.76 Å². The number of ketones is 1. The van der Waals surface area contributed by atoms with Gasteiger partial charge in [-0.05, 0) is 55.3 Å². The Morgan fingerprint density at radius 3 is 2.39 bits per heavy atom. The number of aliphatic hydroxyl groups is 1. The number of aliphatic hydroxyl groups excluding tert-OH is 1. The van der Waals surface area contributed by atoms with Crippen LogP contribution in [0.3, 0.4) is 0 Å². The van der Waals surface area contributed by atoms with Crippen molar-refractivity contribution in [2.24, 2.45) is 0 Å². The summed E-state index contributed by atoms with van der Waals surface area (Å²) in [6, 6.07) is 7.70. The monoisotopic (exact) mass is 497 g/mol. The molecule has 36 heavy (non-hydrogen) atoms. The number of amides is 1. The fraction of sp³-hybridized carbons (Fsp3) is 0.407. The maximum Gasteiger partial charge on any atom is 0.295 e. The maximum atomic E-state index is 13.3. The molecule has 1 amide bonds. The summed E-state index contributed by atoms with van der Waals surface area (Å²) in [5.74, 6) is 0.117. The van der Waals surface area contributed by atoms with Crippen LogP contribution >= 0.6 is 0 Å². The first-order chi connectivity index (χ1) is 17.3. The number of rotatable bonds is 9. The van der Waals surface area contributed by atoms with Crippen molar-refractivity contribution in [2.75, 3.05) is 41.1 Å². The van der Waals surface area contributed by atoms with E-state index >= 15 is 0 Å². The van der Waals surface area contributed by atoms with Gasteiger partial charge in [0.05, 0.1) is 52.3 Å². The van der Waals surface area contributed by atoms with Gasteiger partial charge in [-0.25, -0.2) is 0 Å². The van der Waals surface area contributed by atoms with Gasteiger partial charge in [-0.1, -0.05) is 0 Å². The molecule has 1 fully saturated rings. The molecule has 2 aromatic carbocycles. The lowest BCUT2D eigenvalue weighted by Gasteiger charge is -2.27. The Morgan fingerprint density at radius 1 is 1.08 bits per heavy atom. The number of likely N-dealkylation sites (tertiary alicyclic amines) is 1. The van der Waals surface area contributed by atoms with E-state index in [4.69, 9.17) is 23.7 Å². The molecule has 2 heterocycles. The Bertz CT molecular complexity index is 1180. The molecule has 1 saturated heterocycles. The lowest BCUT2D eigenvalue weighted by molar-refractivity contribution is -0.140. The van der Waals surface area contributed by atoms with Crippen LogP contribution in [0.4, 0.5) is 0 Å². The SMILES string of the molecule is COc1cc(C2/C(=C(\O)c3ccc4c(c3)CCO4)C(=O)C(=O)N2CCOC(C)C)cc(OC)c1OC. The highest BCUT2D eigenvalue weighted by Crippen LogP contribution is 2.46. The zero-order valence-corrected chi connectivity index (χ0v) is 21.1. The average Bonchev–Trinajstić information content (AvgIpc) is 3.44. The second kappa shape index (κ2) is 10.5. The fourth-order valence-electron chi connectivity index (χ4n) is 4.59. The van der Waals surface area contributed by atoms with E-state index in [-0.39, 0.29) is 30.6 Å². The lowest BCUT2D eigenvalue weighted by Crippen LogP contribution is -2.33. The van der Waals surface area contributed by atoms with Crippen molar-refractivity contribution in [3.63, 3.8) is 0 Å². The molecule has 0 bridgehead atoms. The molecule has 9 nitrogen and oxygen atoms in total. The van der Waals surface area contributed by atoms with Crippen LogP contribution in [0.15, 0.2) is 35.9 Å². The molecular weight excluding hydrogens is 466 g/mol. The number of carbonyl (C=O) groups excluding carboxylic acids is 2. The third-order valence-corrected chi connectivity index (χ3v) is 6.29. The molecule has 2 aliphatic rings. The van der Waals surface area contributed by atoms with Crippen LogP contribution in [0.5, 0.6) is 23.0 Å². The number of benzene rings is 2. The maximum absolute atomic E-state index is 13.3. The van der Waals surface area contributed by atoms with Gasteiger partial charge >= 0.3 is 0 Å². The minimum Gasteiger partial charge on any atom is -0.507 e. The Kier molecular flexibility index (Phi) is 7.40. The van der Waals surface area contributed by atoms with Gasteiger partial charge in [-0.2, -0.15) is 0 Å². The highest BCUT2D eigenvalue weighted by atomic mass is 16.5. The molecular formula is C27H31NO8. The van der Waals surface area contributed by atoms with Gasteiger partial charge in [-0.3, -0.25) is 9.59 Å². The molecule has 2 aliphatic heterocycles. The molecule has 0 aromatic heterocycles. The van der Waals surface area contributed by atoms with Gasteiger partial charge < -0.3 is 33.7 Å². The van der Waals surface area contributed by atoms with Crippen molar-refractivity contribution in [1.82, 2.24) is 4.90 Å². The van der Waals surface area contributed by atoms with Crippen molar-refractivity contribution in [3.8, 4) is 23.0 Å². The zero-order valence-electron chi connectivity index (χ0n) is 21.1. The predicted molar refractivity (Wildman–Crippen MR) is 132 cm³/mol. The molecule has 0 radical (unpaired) electrons. The summed E-state index contributed by atoms with van der Waals surface area (Å²) in [6.45, 7) is 4.72. The average molecular weight is 498 g/mol. The summed E-state index contributed by atoms with van der Waals surface area (Å²) in [7, 11) is 4.47. The van der Waals surface area contributed by atoms with E-state index in [0.29, 0.717) is 41.4 Å². The lowest BCUT2D eigenvalue weighted by atomic mass is 9.94. The summed E-state index contributed by atoms with van der Waals surface area (Å²) in [4.78, 5) is 27.9. The molecule has 0 spiro atoms. The van der Waals surface area contributed by atoms with Gasteiger partial charge in [0.15, 0.2) is 11.5 Å². The number of nitrogens with zero attached hydrogens (tertiary/aromatic N) is 1. The van der Waals surface area contributed by atoms with Crippen LogP contribution in [0, 0.1) is 0 Å². The normalized spacial score (nSPS) is 18.4. The smallest absolute Gasteiger partial charge is 0.295 e. The van der Waals surface area contributed by atoms with Crippen molar-refractivity contribution in [1.29, 1.82) is 0 Å². The van der Waals surface area contributed by atoms with E-state index in [9.17, 15) is 14.7 Å². The van der Waals surface area contributed by atoms with E-state index in [1.54, 1.807) is 30.3 Å². The number of Topliss-reactive ketones (excluding diaryl/α,β-unsaturated/α-hetero) is 1. The third kappa shape index (κ3) is 4.58. The summed E-state index contributed by atoms with van der Waals surface area (Å²) in [5, 5.41) is 11.4. The van der Waals surface area contributed by atoms with Crippen molar-refractivity contribution < 1.29 is 38.4 Å². The van der Waals surface area contributed by atoms with Gasteiger partial charge in [0.2, 0.25) is 5.75 Å². The summed E-state index contributed by atoms with van der Waals surface area (Å²) >= 11 is 0. The predicted octanol–water partition coefficient (Wildman–Crippen LogP) is 3.49. The number of ether oxygens (including phenoxy) is 5. The summed E-state index contributed by atoms with van der Waals surface area (Å²) < 4.78 is 27.7. The number of carbonyl (C=O) groups is 2. The molecule has 4 rings (SSSR count).